The van der Waals surface area contributed by atoms with E-state index in [0.29, 0.717) is 11.3 Å². The first-order valence-electron chi connectivity index (χ1n) is 6.57. The Kier molecular flexibility index (Phi) is 2.63. The minimum absolute atomic E-state index is 0.217. The van der Waals surface area contributed by atoms with Crippen LogP contribution in [0.5, 0.6) is 0 Å². The van der Waals surface area contributed by atoms with Crippen molar-refractivity contribution in [2.45, 2.75) is 31.8 Å². The SMILES string of the molecule is CCCC1CC1(O)c1ccc(F)c2ccccc12. The van der Waals surface area contributed by atoms with Gasteiger partial charge in [0.2, 0.25) is 0 Å². The molecule has 1 fully saturated rings. The Morgan fingerprint density at radius 3 is 2.67 bits per heavy atom. The summed E-state index contributed by atoms with van der Waals surface area (Å²) in [6.07, 6.45) is 2.91. The quantitative estimate of drug-likeness (QED) is 0.865. The van der Waals surface area contributed by atoms with E-state index in [1.807, 2.05) is 18.2 Å². The highest BCUT2D eigenvalue weighted by molar-refractivity contribution is 5.87. The van der Waals surface area contributed by atoms with Crippen molar-refractivity contribution < 1.29 is 9.50 Å². The first kappa shape index (κ1) is 11.7. The lowest BCUT2D eigenvalue weighted by molar-refractivity contribution is 0.130. The van der Waals surface area contributed by atoms with Crippen LogP contribution in [0.4, 0.5) is 4.39 Å². The molecule has 2 aromatic rings. The zero-order valence-corrected chi connectivity index (χ0v) is 10.5. The molecule has 2 heteroatoms. The van der Waals surface area contributed by atoms with E-state index in [-0.39, 0.29) is 5.82 Å². The van der Waals surface area contributed by atoms with Gasteiger partial charge in [0.15, 0.2) is 0 Å². The maximum absolute atomic E-state index is 13.7. The molecular formula is C16H17FO. The summed E-state index contributed by atoms with van der Waals surface area (Å²) in [4.78, 5) is 0. The molecule has 1 aliphatic rings. The Morgan fingerprint density at radius 2 is 1.94 bits per heavy atom. The van der Waals surface area contributed by atoms with Gasteiger partial charge < -0.3 is 5.11 Å². The van der Waals surface area contributed by atoms with Crippen molar-refractivity contribution >= 4 is 10.8 Å². The molecule has 1 N–H and O–H groups in total. The molecule has 2 atom stereocenters. The van der Waals surface area contributed by atoms with Gasteiger partial charge in [0.1, 0.15) is 5.82 Å². The molecule has 1 nitrogen and oxygen atoms in total. The lowest BCUT2D eigenvalue weighted by Crippen LogP contribution is -2.09. The van der Waals surface area contributed by atoms with E-state index >= 15 is 0 Å². The van der Waals surface area contributed by atoms with Gasteiger partial charge in [0, 0.05) is 5.39 Å². The summed E-state index contributed by atoms with van der Waals surface area (Å²) in [5, 5.41) is 12.1. The first-order valence-corrected chi connectivity index (χ1v) is 6.57. The smallest absolute Gasteiger partial charge is 0.131 e. The standard InChI is InChI=1S/C16H17FO/c1-2-5-11-10-16(11,18)14-8-9-15(17)13-7-4-3-6-12(13)14/h3-4,6-9,11,18H,2,5,10H2,1H3. The summed E-state index contributed by atoms with van der Waals surface area (Å²) in [6, 6.07) is 10.6. The van der Waals surface area contributed by atoms with Gasteiger partial charge in [-0.15, -0.1) is 0 Å². The van der Waals surface area contributed by atoms with Crippen LogP contribution in [0, 0.1) is 11.7 Å². The second kappa shape index (κ2) is 4.06. The number of fused-ring (bicyclic) bond motifs is 1. The van der Waals surface area contributed by atoms with Gasteiger partial charge in [-0.2, -0.15) is 0 Å². The molecule has 0 amide bonds. The van der Waals surface area contributed by atoms with E-state index in [2.05, 4.69) is 6.92 Å². The Hall–Kier alpha value is -1.41. The predicted octanol–water partition coefficient (Wildman–Crippen LogP) is 3.99. The van der Waals surface area contributed by atoms with Gasteiger partial charge in [0.25, 0.3) is 0 Å². The zero-order valence-electron chi connectivity index (χ0n) is 10.5. The fourth-order valence-corrected chi connectivity index (χ4v) is 2.98. The fraction of sp³-hybridized carbons (Fsp3) is 0.375. The minimum Gasteiger partial charge on any atom is -0.385 e. The second-order valence-electron chi connectivity index (χ2n) is 5.25. The van der Waals surface area contributed by atoms with Crippen molar-refractivity contribution in [3.63, 3.8) is 0 Å². The molecule has 2 aromatic carbocycles. The normalized spacial score (nSPS) is 26.5. The number of hydrogen-bond acceptors (Lipinski definition) is 1. The van der Waals surface area contributed by atoms with Gasteiger partial charge in [-0.3, -0.25) is 0 Å². The maximum atomic E-state index is 13.7. The Bertz CT molecular complexity index is 593. The third kappa shape index (κ3) is 1.64. The number of halogens is 1. The van der Waals surface area contributed by atoms with Crippen LogP contribution in [0.3, 0.4) is 0 Å². The highest BCUT2D eigenvalue weighted by Gasteiger charge is 2.53. The van der Waals surface area contributed by atoms with Gasteiger partial charge in [-0.05, 0) is 35.8 Å². The van der Waals surface area contributed by atoms with E-state index < -0.39 is 5.60 Å². The summed E-state index contributed by atoms with van der Waals surface area (Å²) in [5.41, 5.74) is 0.154. The molecule has 0 aliphatic heterocycles. The van der Waals surface area contributed by atoms with E-state index in [0.717, 1.165) is 30.2 Å². The van der Waals surface area contributed by atoms with Gasteiger partial charge in [0.05, 0.1) is 5.60 Å². The molecule has 1 saturated carbocycles. The molecule has 3 rings (SSSR count). The van der Waals surface area contributed by atoms with E-state index in [9.17, 15) is 9.50 Å². The molecule has 94 valence electrons. The van der Waals surface area contributed by atoms with E-state index in [1.54, 1.807) is 12.1 Å². The molecule has 2 unspecified atom stereocenters. The van der Waals surface area contributed by atoms with E-state index in [4.69, 9.17) is 0 Å². The lowest BCUT2D eigenvalue weighted by atomic mass is 9.96. The minimum atomic E-state index is -0.733. The summed E-state index contributed by atoms with van der Waals surface area (Å²) in [5.74, 6) is 0.113. The number of hydrogen-bond donors (Lipinski definition) is 1. The Labute approximate surface area is 106 Å². The van der Waals surface area contributed by atoms with Crippen LogP contribution in [-0.2, 0) is 5.60 Å². The average molecular weight is 244 g/mol. The van der Waals surface area contributed by atoms with Gasteiger partial charge >= 0.3 is 0 Å². The highest BCUT2D eigenvalue weighted by atomic mass is 19.1. The molecule has 0 heterocycles. The molecule has 1 aliphatic carbocycles. The van der Waals surface area contributed by atoms with Crippen LogP contribution in [0.25, 0.3) is 10.8 Å². The molecule has 0 radical (unpaired) electrons. The second-order valence-corrected chi connectivity index (χ2v) is 5.25. The van der Waals surface area contributed by atoms with Crippen molar-refractivity contribution in [1.29, 1.82) is 0 Å². The van der Waals surface area contributed by atoms with Crippen molar-refractivity contribution in [2.24, 2.45) is 5.92 Å². The number of benzene rings is 2. The van der Waals surface area contributed by atoms with Crippen LogP contribution in [-0.4, -0.2) is 5.11 Å². The number of aliphatic hydroxyl groups is 1. The summed E-state index contributed by atoms with van der Waals surface area (Å²) in [6.45, 7) is 2.13. The summed E-state index contributed by atoms with van der Waals surface area (Å²) in [7, 11) is 0. The summed E-state index contributed by atoms with van der Waals surface area (Å²) >= 11 is 0. The van der Waals surface area contributed by atoms with Crippen LogP contribution in [0.15, 0.2) is 36.4 Å². The van der Waals surface area contributed by atoms with Crippen molar-refractivity contribution in [1.82, 2.24) is 0 Å². The van der Waals surface area contributed by atoms with Gasteiger partial charge in [-0.25, -0.2) is 4.39 Å². The van der Waals surface area contributed by atoms with Crippen LogP contribution in [0.1, 0.15) is 31.7 Å². The van der Waals surface area contributed by atoms with Crippen molar-refractivity contribution in [3.8, 4) is 0 Å². The third-order valence-corrected chi connectivity index (χ3v) is 4.05. The Morgan fingerprint density at radius 1 is 1.22 bits per heavy atom. The zero-order chi connectivity index (χ0) is 12.8. The summed E-state index contributed by atoms with van der Waals surface area (Å²) < 4.78 is 13.7. The van der Waals surface area contributed by atoms with Crippen LogP contribution >= 0.6 is 0 Å². The molecule has 0 spiro atoms. The van der Waals surface area contributed by atoms with Crippen LogP contribution < -0.4 is 0 Å². The molecule has 0 bridgehead atoms. The molecule has 0 saturated heterocycles. The fourth-order valence-electron chi connectivity index (χ4n) is 2.98. The molecule has 18 heavy (non-hydrogen) atoms. The first-order chi connectivity index (χ1) is 8.66. The average Bonchev–Trinajstić information content (AvgIpc) is 3.02. The molecule has 0 aromatic heterocycles. The van der Waals surface area contributed by atoms with Crippen molar-refractivity contribution in [3.05, 3.63) is 47.8 Å². The highest BCUT2D eigenvalue weighted by Crippen LogP contribution is 2.55. The maximum Gasteiger partial charge on any atom is 0.131 e. The monoisotopic (exact) mass is 244 g/mol. The van der Waals surface area contributed by atoms with Crippen LogP contribution in [0.2, 0.25) is 0 Å². The van der Waals surface area contributed by atoms with E-state index in [1.165, 1.54) is 6.07 Å². The number of rotatable bonds is 3. The third-order valence-electron chi connectivity index (χ3n) is 4.05. The van der Waals surface area contributed by atoms with Gasteiger partial charge in [-0.1, -0.05) is 43.7 Å². The predicted molar refractivity (Wildman–Crippen MR) is 70.8 cm³/mol. The molecular weight excluding hydrogens is 227 g/mol. The topological polar surface area (TPSA) is 20.2 Å². The lowest BCUT2D eigenvalue weighted by Gasteiger charge is -2.14. The Balaban J connectivity index is 2.11. The van der Waals surface area contributed by atoms with Crippen molar-refractivity contribution in [2.75, 3.05) is 0 Å². The largest absolute Gasteiger partial charge is 0.385 e.